The van der Waals surface area contributed by atoms with Crippen molar-refractivity contribution in [2.45, 2.75) is 31.7 Å². The zero-order chi connectivity index (χ0) is 10.3. The van der Waals surface area contributed by atoms with E-state index in [2.05, 4.69) is 15.1 Å². The summed E-state index contributed by atoms with van der Waals surface area (Å²) in [6, 6.07) is 1.33. The molecule has 1 saturated heterocycles. The minimum atomic E-state index is 0.535. The molecule has 1 aromatic rings. The van der Waals surface area contributed by atoms with Gasteiger partial charge >= 0.3 is 6.01 Å². The Morgan fingerprint density at radius 3 is 3.00 bits per heavy atom. The maximum atomic E-state index is 5.63. The number of aryl methyl sites for hydroxylation is 1. The first-order valence-corrected chi connectivity index (χ1v) is 6.05. The molecule has 82 valence electrons. The van der Waals surface area contributed by atoms with Crippen molar-refractivity contribution < 1.29 is 4.42 Å². The van der Waals surface area contributed by atoms with Crippen LogP contribution in [0, 0.1) is 5.92 Å². The molecule has 0 N–H and O–H groups in total. The van der Waals surface area contributed by atoms with Gasteiger partial charge in [-0.05, 0) is 25.2 Å². The maximum absolute atomic E-state index is 5.63. The van der Waals surface area contributed by atoms with Crippen LogP contribution in [0.5, 0.6) is 0 Å². The Bertz CT molecular complexity index is 354. The number of rotatable bonds is 3. The van der Waals surface area contributed by atoms with Gasteiger partial charge in [0.25, 0.3) is 0 Å². The third-order valence-electron chi connectivity index (χ3n) is 3.42. The quantitative estimate of drug-likeness (QED) is 0.739. The van der Waals surface area contributed by atoms with E-state index in [1.807, 2.05) is 0 Å². The molecular formula is C10H14ClN3O. The number of aromatic nitrogens is 2. The topological polar surface area (TPSA) is 42.2 Å². The monoisotopic (exact) mass is 227 g/mol. The van der Waals surface area contributed by atoms with Gasteiger partial charge in [-0.1, -0.05) is 5.10 Å². The van der Waals surface area contributed by atoms with Crippen LogP contribution in [0.3, 0.4) is 0 Å². The molecule has 0 amide bonds. The number of nitrogens with zero attached hydrogens (tertiary/aromatic N) is 3. The lowest BCUT2D eigenvalue weighted by Gasteiger charge is -2.24. The van der Waals surface area contributed by atoms with Crippen molar-refractivity contribution >= 4 is 17.6 Å². The van der Waals surface area contributed by atoms with Gasteiger partial charge in [-0.2, -0.15) is 0 Å². The lowest BCUT2D eigenvalue weighted by Crippen LogP contribution is -2.32. The number of halogens is 1. The second-order valence-electron chi connectivity index (χ2n) is 4.40. The molecule has 2 bridgehead atoms. The lowest BCUT2D eigenvalue weighted by atomic mass is 10.1. The molecule has 0 spiro atoms. The van der Waals surface area contributed by atoms with Gasteiger partial charge in [-0.25, -0.2) is 0 Å². The van der Waals surface area contributed by atoms with E-state index in [1.165, 1.54) is 19.3 Å². The fourth-order valence-electron chi connectivity index (χ4n) is 2.70. The first kappa shape index (κ1) is 9.46. The molecule has 5 heteroatoms. The summed E-state index contributed by atoms with van der Waals surface area (Å²) in [6.45, 7) is 1.09. The number of anilines is 1. The molecule has 0 aromatic carbocycles. The molecule has 1 aliphatic heterocycles. The van der Waals surface area contributed by atoms with Crippen LogP contribution in [0.2, 0.25) is 0 Å². The van der Waals surface area contributed by atoms with E-state index in [4.69, 9.17) is 16.0 Å². The Labute approximate surface area is 93.6 Å². The van der Waals surface area contributed by atoms with Gasteiger partial charge in [0, 0.05) is 24.9 Å². The van der Waals surface area contributed by atoms with Gasteiger partial charge in [-0.3, -0.25) is 0 Å². The highest BCUT2D eigenvalue weighted by Gasteiger charge is 2.39. The molecule has 1 aromatic heterocycles. The summed E-state index contributed by atoms with van der Waals surface area (Å²) in [4.78, 5) is 2.26. The number of hydrogen-bond acceptors (Lipinski definition) is 4. The van der Waals surface area contributed by atoms with Crippen LogP contribution >= 0.6 is 11.6 Å². The molecule has 2 unspecified atom stereocenters. The van der Waals surface area contributed by atoms with E-state index in [0.717, 1.165) is 12.5 Å². The molecule has 2 fully saturated rings. The van der Waals surface area contributed by atoms with Crippen molar-refractivity contribution in [2.24, 2.45) is 5.92 Å². The third kappa shape index (κ3) is 1.61. The van der Waals surface area contributed by atoms with Crippen LogP contribution in [-0.4, -0.2) is 28.7 Å². The van der Waals surface area contributed by atoms with E-state index in [1.54, 1.807) is 0 Å². The first-order valence-electron chi connectivity index (χ1n) is 5.52. The van der Waals surface area contributed by atoms with Gasteiger partial charge in [0.05, 0.1) is 0 Å². The lowest BCUT2D eigenvalue weighted by molar-refractivity contribution is 0.460. The molecule has 0 radical (unpaired) electrons. The Kier molecular flexibility index (Phi) is 2.31. The fourth-order valence-corrected chi connectivity index (χ4v) is 2.86. The van der Waals surface area contributed by atoms with Crippen molar-refractivity contribution in [3.05, 3.63) is 5.89 Å². The number of hydrogen-bond donors (Lipinski definition) is 0. The summed E-state index contributed by atoms with van der Waals surface area (Å²) in [5.41, 5.74) is 0. The van der Waals surface area contributed by atoms with Crippen molar-refractivity contribution in [3.63, 3.8) is 0 Å². The number of fused-ring (bicyclic) bond motifs is 2. The predicted molar refractivity (Wildman–Crippen MR) is 57.2 cm³/mol. The van der Waals surface area contributed by atoms with Crippen LogP contribution in [0.1, 0.15) is 25.2 Å². The van der Waals surface area contributed by atoms with E-state index in [0.29, 0.717) is 30.2 Å². The highest BCUT2D eigenvalue weighted by atomic mass is 35.5. The van der Waals surface area contributed by atoms with Crippen LogP contribution in [0.25, 0.3) is 0 Å². The van der Waals surface area contributed by atoms with Gasteiger partial charge in [0.1, 0.15) is 0 Å². The first-order chi connectivity index (χ1) is 7.36. The normalized spacial score (nSPS) is 29.0. The largest absolute Gasteiger partial charge is 0.408 e. The number of alkyl halides is 1. The van der Waals surface area contributed by atoms with Crippen molar-refractivity contribution in [2.75, 3.05) is 17.3 Å². The minimum Gasteiger partial charge on any atom is -0.408 e. The van der Waals surface area contributed by atoms with Crippen LogP contribution in [0.15, 0.2) is 4.42 Å². The zero-order valence-electron chi connectivity index (χ0n) is 8.53. The molecule has 1 saturated carbocycles. The Morgan fingerprint density at radius 2 is 2.33 bits per heavy atom. The van der Waals surface area contributed by atoms with E-state index < -0.39 is 0 Å². The minimum absolute atomic E-state index is 0.535. The SMILES string of the molecule is ClCCc1nnc(N2CC3CCC2C3)o1. The Balaban J connectivity index is 1.75. The Hall–Kier alpha value is -0.770. The van der Waals surface area contributed by atoms with Crippen LogP contribution in [0.4, 0.5) is 6.01 Å². The molecule has 4 nitrogen and oxygen atoms in total. The summed E-state index contributed by atoms with van der Waals surface area (Å²) < 4.78 is 5.58. The summed E-state index contributed by atoms with van der Waals surface area (Å²) >= 11 is 5.63. The van der Waals surface area contributed by atoms with Crippen molar-refractivity contribution in [1.29, 1.82) is 0 Å². The second kappa shape index (κ2) is 3.67. The summed E-state index contributed by atoms with van der Waals surface area (Å²) in [5.74, 6) is 2.04. The van der Waals surface area contributed by atoms with E-state index in [9.17, 15) is 0 Å². The predicted octanol–water partition coefficient (Wildman–Crippen LogP) is 1.84. The molecule has 15 heavy (non-hydrogen) atoms. The average molecular weight is 228 g/mol. The second-order valence-corrected chi connectivity index (χ2v) is 4.78. The maximum Gasteiger partial charge on any atom is 0.318 e. The zero-order valence-corrected chi connectivity index (χ0v) is 9.28. The molecule has 1 aliphatic carbocycles. The third-order valence-corrected chi connectivity index (χ3v) is 3.61. The van der Waals surface area contributed by atoms with Crippen LogP contribution in [-0.2, 0) is 6.42 Å². The Morgan fingerprint density at radius 1 is 1.40 bits per heavy atom. The molecule has 2 atom stereocenters. The average Bonchev–Trinajstić information content (AvgIpc) is 2.91. The summed E-state index contributed by atoms with van der Waals surface area (Å²) in [7, 11) is 0. The van der Waals surface area contributed by atoms with Crippen LogP contribution < -0.4 is 4.90 Å². The van der Waals surface area contributed by atoms with Crippen molar-refractivity contribution in [3.8, 4) is 0 Å². The summed E-state index contributed by atoms with van der Waals surface area (Å²) in [6.07, 6.45) is 4.60. The molecule has 2 heterocycles. The highest BCUT2D eigenvalue weighted by Crippen LogP contribution is 2.39. The van der Waals surface area contributed by atoms with E-state index in [-0.39, 0.29) is 0 Å². The standard InChI is InChI=1S/C10H14ClN3O/c11-4-3-9-12-13-10(15-9)14-6-7-1-2-8(14)5-7/h7-8H,1-6H2. The van der Waals surface area contributed by atoms with Gasteiger partial charge < -0.3 is 9.32 Å². The van der Waals surface area contributed by atoms with Crippen molar-refractivity contribution in [1.82, 2.24) is 10.2 Å². The van der Waals surface area contributed by atoms with Gasteiger partial charge in [0.2, 0.25) is 5.89 Å². The summed E-state index contributed by atoms with van der Waals surface area (Å²) in [5, 5.41) is 8.08. The molecule has 3 rings (SSSR count). The molecule has 2 aliphatic rings. The van der Waals surface area contributed by atoms with Gasteiger partial charge in [0.15, 0.2) is 0 Å². The number of piperidine rings is 1. The smallest absolute Gasteiger partial charge is 0.318 e. The highest BCUT2D eigenvalue weighted by molar-refractivity contribution is 6.17. The van der Waals surface area contributed by atoms with E-state index >= 15 is 0 Å². The fraction of sp³-hybridized carbons (Fsp3) is 0.800. The van der Waals surface area contributed by atoms with Gasteiger partial charge in [-0.15, -0.1) is 16.7 Å². The molecular weight excluding hydrogens is 214 g/mol.